The van der Waals surface area contributed by atoms with Crippen LogP contribution in [0.4, 0.5) is 0 Å². The predicted octanol–water partition coefficient (Wildman–Crippen LogP) is 2.45. The van der Waals surface area contributed by atoms with Gasteiger partial charge in [0.15, 0.2) is 0 Å². The van der Waals surface area contributed by atoms with Crippen LogP contribution in [-0.2, 0) is 11.2 Å². The number of aryl methyl sites for hydroxylation is 2. The lowest BCUT2D eigenvalue weighted by molar-refractivity contribution is -0.121. The zero-order valence-corrected chi connectivity index (χ0v) is 12.0. The zero-order chi connectivity index (χ0) is 14.1. The monoisotopic (exact) mass is 263 g/mol. The number of carbonyl (C=O) groups excluding carboxylic acids is 1. The molecule has 1 rings (SSSR count). The molecular weight excluding hydrogens is 238 g/mol. The molecule has 3 nitrogen and oxygen atoms in total. The first kappa shape index (κ1) is 15.7. The van der Waals surface area contributed by atoms with Gasteiger partial charge >= 0.3 is 0 Å². The summed E-state index contributed by atoms with van der Waals surface area (Å²) in [5.74, 6) is 0.447. The van der Waals surface area contributed by atoms with Crippen LogP contribution in [0.25, 0.3) is 0 Å². The van der Waals surface area contributed by atoms with Gasteiger partial charge in [0.05, 0.1) is 0 Å². The summed E-state index contributed by atoms with van der Waals surface area (Å²) < 4.78 is 0. The number of amides is 1. The molecule has 2 N–H and O–H groups in total. The van der Waals surface area contributed by atoms with Gasteiger partial charge in [-0.1, -0.05) is 36.8 Å². The van der Waals surface area contributed by atoms with E-state index in [9.17, 15) is 4.79 Å². The summed E-state index contributed by atoms with van der Waals surface area (Å²) in [5.41, 5.74) is 2.55. The highest BCUT2D eigenvalue weighted by molar-refractivity contribution is 5.75. The fourth-order valence-electron chi connectivity index (χ4n) is 1.91. The minimum absolute atomic E-state index is 0.108. The summed E-state index contributed by atoms with van der Waals surface area (Å²) in [7, 11) is 0. The summed E-state index contributed by atoms with van der Waals surface area (Å²) >= 11 is 0. The molecule has 0 radical (unpaired) electrons. The average molecular weight is 263 g/mol. The van der Waals surface area contributed by atoms with Crippen molar-refractivity contribution in [3.63, 3.8) is 0 Å². The van der Waals surface area contributed by atoms with Gasteiger partial charge in [0.2, 0.25) is 5.91 Å². The topological polar surface area (TPSA) is 49.3 Å². The smallest absolute Gasteiger partial charge is 0.220 e. The first-order valence-electron chi connectivity index (χ1n) is 7.05. The van der Waals surface area contributed by atoms with E-state index < -0.39 is 0 Å². The van der Waals surface area contributed by atoms with E-state index in [0.717, 1.165) is 19.3 Å². The molecule has 1 amide bonds. The lowest BCUT2D eigenvalue weighted by atomic mass is 10.1. The minimum Gasteiger partial charge on any atom is -0.396 e. The highest BCUT2D eigenvalue weighted by Gasteiger charge is 2.05. The van der Waals surface area contributed by atoms with Gasteiger partial charge in [-0.15, -0.1) is 0 Å². The van der Waals surface area contributed by atoms with E-state index in [1.54, 1.807) is 0 Å². The molecule has 0 aliphatic heterocycles. The van der Waals surface area contributed by atoms with E-state index in [-0.39, 0.29) is 12.5 Å². The molecule has 0 aromatic heterocycles. The summed E-state index contributed by atoms with van der Waals surface area (Å²) in [5, 5.41) is 11.7. The number of aliphatic hydroxyl groups excluding tert-OH is 1. The molecule has 0 saturated heterocycles. The Labute approximate surface area is 116 Å². The molecule has 0 spiro atoms. The standard InChI is InChI=1S/C16H25NO2/c1-13-6-8-15(9-7-13)4-3-5-16(19)17-12-14(2)10-11-18/h6-9,14,18H,3-5,10-12H2,1-2H3,(H,17,19). The van der Waals surface area contributed by atoms with Crippen molar-refractivity contribution >= 4 is 5.91 Å². The van der Waals surface area contributed by atoms with Crippen molar-refractivity contribution < 1.29 is 9.90 Å². The molecule has 0 fully saturated rings. The van der Waals surface area contributed by atoms with E-state index in [1.807, 2.05) is 6.92 Å². The molecule has 1 aromatic rings. The maximum atomic E-state index is 11.6. The normalized spacial score (nSPS) is 12.2. The van der Waals surface area contributed by atoms with Gasteiger partial charge in [-0.2, -0.15) is 0 Å². The number of rotatable bonds is 8. The van der Waals surface area contributed by atoms with Gasteiger partial charge in [-0.3, -0.25) is 4.79 Å². The molecule has 0 saturated carbocycles. The van der Waals surface area contributed by atoms with E-state index in [1.165, 1.54) is 11.1 Å². The number of hydrogen-bond donors (Lipinski definition) is 2. The SMILES string of the molecule is Cc1ccc(CCCC(=O)NCC(C)CCO)cc1. The third-order valence-corrected chi connectivity index (χ3v) is 3.26. The molecule has 1 unspecified atom stereocenters. The van der Waals surface area contributed by atoms with E-state index in [4.69, 9.17) is 5.11 Å². The van der Waals surface area contributed by atoms with Gasteiger partial charge in [-0.25, -0.2) is 0 Å². The summed E-state index contributed by atoms with van der Waals surface area (Å²) in [6.45, 7) is 4.95. The van der Waals surface area contributed by atoms with Gasteiger partial charge in [0, 0.05) is 19.6 Å². The Bertz CT molecular complexity index is 373. The van der Waals surface area contributed by atoms with Crippen molar-refractivity contribution in [2.24, 2.45) is 5.92 Å². The van der Waals surface area contributed by atoms with Crippen LogP contribution >= 0.6 is 0 Å². The van der Waals surface area contributed by atoms with Gasteiger partial charge in [0.25, 0.3) is 0 Å². The molecule has 0 aliphatic rings. The third kappa shape index (κ3) is 6.97. The van der Waals surface area contributed by atoms with E-state index >= 15 is 0 Å². The van der Waals surface area contributed by atoms with Crippen molar-refractivity contribution in [2.75, 3.05) is 13.2 Å². The number of benzene rings is 1. The number of nitrogens with one attached hydrogen (secondary N) is 1. The third-order valence-electron chi connectivity index (χ3n) is 3.26. The average Bonchev–Trinajstić information content (AvgIpc) is 2.39. The number of aliphatic hydroxyl groups is 1. The van der Waals surface area contributed by atoms with Crippen molar-refractivity contribution in [1.29, 1.82) is 0 Å². The number of hydrogen-bond acceptors (Lipinski definition) is 2. The van der Waals surface area contributed by atoms with Crippen LogP contribution in [0, 0.1) is 12.8 Å². The van der Waals surface area contributed by atoms with Crippen LogP contribution in [0.3, 0.4) is 0 Å². The first-order valence-corrected chi connectivity index (χ1v) is 7.05. The highest BCUT2D eigenvalue weighted by Crippen LogP contribution is 2.07. The van der Waals surface area contributed by atoms with Crippen molar-refractivity contribution in [2.45, 2.75) is 39.5 Å². The van der Waals surface area contributed by atoms with Crippen LogP contribution < -0.4 is 5.32 Å². The van der Waals surface area contributed by atoms with Crippen LogP contribution in [-0.4, -0.2) is 24.2 Å². The Morgan fingerprint density at radius 2 is 2.00 bits per heavy atom. The molecule has 0 heterocycles. The first-order chi connectivity index (χ1) is 9.11. The van der Waals surface area contributed by atoms with Crippen molar-refractivity contribution in [3.05, 3.63) is 35.4 Å². The minimum atomic E-state index is 0.108. The molecule has 3 heteroatoms. The van der Waals surface area contributed by atoms with Crippen LogP contribution in [0.1, 0.15) is 37.3 Å². The molecule has 0 aliphatic carbocycles. The Morgan fingerprint density at radius 3 is 2.63 bits per heavy atom. The summed E-state index contributed by atoms with van der Waals surface area (Å²) in [6.07, 6.45) is 3.13. The van der Waals surface area contributed by atoms with Gasteiger partial charge < -0.3 is 10.4 Å². The van der Waals surface area contributed by atoms with Crippen molar-refractivity contribution in [1.82, 2.24) is 5.32 Å². The Morgan fingerprint density at radius 1 is 1.32 bits per heavy atom. The molecule has 1 atom stereocenters. The van der Waals surface area contributed by atoms with Crippen LogP contribution in [0.15, 0.2) is 24.3 Å². The molecule has 0 bridgehead atoms. The Balaban J connectivity index is 2.15. The maximum absolute atomic E-state index is 11.6. The summed E-state index contributed by atoms with van der Waals surface area (Å²) in [6, 6.07) is 8.45. The fourth-order valence-corrected chi connectivity index (χ4v) is 1.91. The Kier molecular flexibility index (Phi) is 7.19. The van der Waals surface area contributed by atoms with E-state index in [2.05, 4.69) is 36.5 Å². The molecule has 106 valence electrons. The van der Waals surface area contributed by atoms with Crippen molar-refractivity contribution in [3.8, 4) is 0 Å². The highest BCUT2D eigenvalue weighted by atomic mass is 16.3. The second kappa shape index (κ2) is 8.70. The number of carbonyl (C=O) groups is 1. The lowest BCUT2D eigenvalue weighted by Gasteiger charge is -2.11. The quantitative estimate of drug-likeness (QED) is 0.757. The van der Waals surface area contributed by atoms with E-state index in [0.29, 0.717) is 18.9 Å². The zero-order valence-electron chi connectivity index (χ0n) is 12.0. The second-order valence-corrected chi connectivity index (χ2v) is 5.26. The molecular formula is C16H25NO2. The molecule has 1 aromatic carbocycles. The van der Waals surface area contributed by atoms with Gasteiger partial charge in [-0.05, 0) is 37.7 Å². The van der Waals surface area contributed by atoms with Gasteiger partial charge in [0.1, 0.15) is 0 Å². The second-order valence-electron chi connectivity index (χ2n) is 5.26. The maximum Gasteiger partial charge on any atom is 0.220 e. The van der Waals surface area contributed by atoms with Crippen LogP contribution in [0.2, 0.25) is 0 Å². The largest absolute Gasteiger partial charge is 0.396 e. The van der Waals surface area contributed by atoms with Crippen LogP contribution in [0.5, 0.6) is 0 Å². The predicted molar refractivity (Wildman–Crippen MR) is 78.0 cm³/mol. The fraction of sp³-hybridized carbons (Fsp3) is 0.562. The lowest BCUT2D eigenvalue weighted by Crippen LogP contribution is -2.28. The Hall–Kier alpha value is -1.35. The molecule has 19 heavy (non-hydrogen) atoms. The summed E-state index contributed by atoms with van der Waals surface area (Å²) in [4.78, 5) is 11.6.